The fraction of sp³-hybridized carbons (Fsp3) is 0.0625. The largest absolute Gasteiger partial charge is 0.456 e. The second kappa shape index (κ2) is 10.7. The van der Waals surface area contributed by atoms with E-state index in [4.69, 9.17) is 19.4 Å². The van der Waals surface area contributed by atoms with Crippen LogP contribution in [0.1, 0.15) is 25.0 Å². The van der Waals surface area contributed by atoms with E-state index in [1.54, 1.807) is 11.3 Å². The summed E-state index contributed by atoms with van der Waals surface area (Å²) in [6, 6.07) is 51.5. The van der Waals surface area contributed by atoms with Crippen molar-refractivity contribution < 1.29 is 4.42 Å². The summed E-state index contributed by atoms with van der Waals surface area (Å²) in [6.45, 7) is 4.62. The third-order valence-corrected chi connectivity index (χ3v) is 12.7. The molecule has 0 saturated carbocycles. The second-order valence-electron chi connectivity index (χ2n) is 14.8. The third-order valence-electron chi connectivity index (χ3n) is 11.5. The highest BCUT2D eigenvalue weighted by molar-refractivity contribution is 7.26. The van der Waals surface area contributed by atoms with Crippen molar-refractivity contribution >= 4 is 75.3 Å². The van der Waals surface area contributed by atoms with Crippen molar-refractivity contribution in [1.82, 2.24) is 19.5 Å². The van der Waals surface area contributed by atoms with Gasteiger partial charge >= 0.3 is 0 Å². The van der Waals surface area contributed by atoms with Crippen LogP contribution in [0.2, 0.25) is 0 Å². The van der Waals surface area contributed by atoms with Gasteiger partial charge in [-0.15, -0.1) is 11.3 Å². The van der Waals surface area contributed by atoms with Crippen molar-refractivity contribution in [3.63, 3.8) is 0 Å². The highest BCUT2D eigenvalue weighted by Crippen LogP contribution is 2.51. The maximum atomic E-state index is 6.71. The Morgan fingerprint density at radius 1 is 0.519 bits per heavy atom. The van der Waals surface area contributed by atoms with Gasteiger partial charge in [-0.1, -0.05) is 117 Å². The summed E-state index contributed by atoms with van der Waals surface area (Å²) in [5, 5.41) is 6.92. The molecule has 1 aliphatic rings. The molecule has 1 aliphatic carbocycles. The van der Waals surface area contributed by atoms with Gasteiger partial charge in [0, 0.05) is 58.3 Å². The Hall–Kier alpha value is -6.63. The molecule has 0 amide bonds. The predicted octanol–water partition coefficient (Wildman–Crippen LogP) is 12.9. The highest BCUT2D eigenvalue weighted by atomic mass is 32.1. The van der Waals surface area contributed by atoms with Gasteiger partial charge in [-0.3, -0.25) is 4.57 Å². The zero-order valence-electron chi connectivity index (χ0n) is 29.5. The zero-order valence-corrected chi connectivity index (χ0v) is 30.3. The van der Waals surface area contributed by atoms with Crippen LogP contribution in [-0.4, -0.2) is 19.5 Å². The van der Waals surface area contributed by atoms with Crippen LogP contribution >= 0.6 is 11.3 Å². The summed E-state index contributed by atoms with van der Waals surface area (Å²) in [7, 11) is 0. The summed E-state index contributed by atoms with van der Waals surface area (Å²) >= 11 is 1.78. The van der Waals surface area contributed by atoms with Crippen LogP contribution < -0.4 is 0 Å². The summed E-state index contributed by atoms with van der Waals surface area (Å²) in [5.74, 6) is 1.85. The number of hydrogen-bond acceptors (Lipinski definition) is 5. The first-order valence-electron chi connectivity index (χ1n) is 18.3. The Kier molecular flexibility index (Phi) is 5.93. The molecule has 4 aromatic heterocycles. The average molecular weight is 711 g/mol. The lowest BCUT2D eigenvalue weighted by Crippen LogP contribution is -2.14. The third kappa shape index (κ3) is 4.00. The molecule has 0 spiro atoms. The van der Waals surface area contributed by atoms with Gasteiger partial charge in [0.1, 0.15) is 11.2 Å². The molecule has 6 heteroatoms. The normalized spacial score (nSPS) is 13.5. The minimum atomic E-state index is -0.114. The molecule has 11 aromatic rings. The molecule has 0 atom stereocenters. The second-order valence-corrected chi connectivity index (χ2v) is 15.8. The molecule has 0 fully saturated rings. The molecule has 0 radical (unpaired) electrons. The van der Waals surface area contributed by atoms with E-state index >= 15 is 0 Å². The molecule has 12 rings (SSSR count). The van der Waals surface area contributed by atoms with Gasteiger partial charge in [0.25, 0.3) is 0 Å². The van der Waals surface area contributed by atoms with Gasteiger partial charge in [0.05, 0.1) is 11.0 Å². The fourth-order valence-corrected chi connectivity index (χ4v) is 10.2. The van der Waals surface area contributed by atoms with Crippen molar-refractivity contribution in [3.05, 3.63) is 157 Å². The first-order chi connectivity index (χ1) is 26.5. The highest BCUT2D eigenvalue weighted by Gasteiger charge is 2.36. The summed E-state index contributed by atoms with van der Waals surface area (Å²) in [4.78, 5) is 15.7. The van der Waals surface area contributed by atoms with Crippen LogP contribution in [0.15, 0.2) is 150 Å². The maximum Gasteiger partial charge on any atom is 0.238 e. The first-order valence-corrected chi connectivity index (χ1v) is 19.1. The average Bonchev–Trinajstić information content (AvgIpc) is 3.94. The van der Waals surface area contributed by atoms with Crippen LogP contribution in [0, 0.1) is 0 Å². The quantitative estimate of drug-likeness (QED) is 0.183. The molecule has 7 aromatic carbocycles. The van der Waals surface area contributed by atoms with Gasteiger partial charge in [0.15, 0.2) is 11.6 Å². The van der Waals surface area contributed by atoms with Gasteiger partial charge in [-0.2, -0.15) is 9.97 Å². The number of hydrogen-bond donors (Lipinski definition) is 0. The van der Waals surface area contributed by atoms with Gasteiger partial charge in [0.2, 0.25) is 5.95 Å². The molecule has 0 unspecified atom stereocenters. The standard InChI is InChI=1S/C48H30N4OS/c1-48(2)35-20-9-6-15-28(35)33-25-34-40(26-36(33)48)53-39-24-23-38-42(43(34)39)31-17-7-10-21-37(31)52(38)47-50-45(27-13-4-3-5-14-27)49-46(51-47)32-19-12-18-30-29-16-8-11-22-41(29)54-44(30)32/h3-26H,1-2H3. The minimum Gasteiger partial charge on any atom is -0.456 e. The fourth-order valence-electron chi connectivity index (χ4n) is 8.96. The number of benzene rings is 7. The first kappa shape index (κ1) is 29.9. The van der Waals surface area contributed by atoms with Gasteiger partial charge in [-0.25, -0.2) is 4.98 Å². The Morgan fingerprint density at radius 3 is 2.17 bits per heavy atom. The van der Waals surface area contributed by atoms with E-state index in [1.165, 1.54) is 42.4 Å². The van der Waals surface area contributed by atoms with E-state index in [1.807, 2.05) is 18.2 Å². The lowest BCUT2D eigenvalue weighted by atomic mass is 9.82. The van der Waals surface area contributed by atoms with Gasteiger partial charge < -0.3 is 4.42 Å². The number of para-hydroxylation sites is 1. The number of fused-ring (bicyclic) bond motifs is 13. The SMILES string of the molecule is CC1(C)c2ccccc2-c2cc3c(cc21)oc1ccc2c(c4ccccc4n2-c2nc(-c4ccccc4)nc(-c4cccc5c4sc4ccccc45)n2)c13. The van der Waals surface area contributed by atoms with Crippen molar-refractivity contribution in [3.8, 4) is 39.9 Å². The molecule has 0 bridgehead atoms. The Morgan fingerprint density at radius 2 is 1.26 bits per heavy atom. The molecule has 254 valence electrons. The summed E-state index contributed by atoms with van der Waals surface area (Å²) < 4.78 is 11.3. The van der Waals surface area contributed by atoms with Crippen molar-refractivity contribution in [1.29, 1.82) is 0 Å². The van der Waals surface area contributed by atoms with Crippen molar-refractivity contribution in [2.75, 3.05) is 0 Å². The lowest BCUT2D eigenvalue weighted by Gasteiger charge is -2.21. The minimum absolute atomic E-state index is 0.114. The van der Waals surface area contributed by atoms with Crippen LogP contribution in [0.3, 0.4) is 0 Å². The van der Waals surface area contributed by atoms with E-state index in [9.17, 15) is 0 Å². The van der Waals surface area contributed by atoms with E-state index in [0.29, 0.717) is 17.6 Å². The van der Waals surface area contributed by atoms with Crippen LogP contribution in [0.4, 0.5) is 0 Å². The molecular formula is C48H30N4OS. The van der Waals surface area contributed by atoms with E-state index in [0.717, 1.165) is 54.9 Å². The molecule has 0 N–H and O–H groups in total. The lowest BCUT2D eigenvalue weighted by molar-refractivity contribution is 0.647. The van der Waals surface area contributed by atoms with Crippen LogP contribution in [0.5, 0.6) is 0 Å². The Bertz CT molecular complexity index is 3370. The van der Waals surface area contributed by atoms with Crippen LogP contribution in [0.25, 0.3) is 104 Å². The monoisotopic (exact) mass is 710 g/mol. The number of furan rings is 1. The number of thiophene rings is 1. The van der Waals surface area contributed by atoms with Gasteiger partial charge in [-0.05, 0) is 64.7 Å². The molecule has 0 aliphatic heterocycles. The van der Waals surface area contributed by atoms with Crippen LogP contribution in [-0.2, 0) is 5.41 Å². The number of aromatic nitrogens is 4. The molecule has 4 heterocycles. The predicted molar refractivity (Wildman–Crippen MR) is 223 cm³/mol. The maximum absolute atomic E-state index is 6.71. The Labute approximate surface area is 313 Å². The molecule has 0 saturated heterocycles. The topological polar surface area (TPSA) is 56.7 Å². The summed E-state index contributed by atoms with van der Waals surface area (Å²) in [6.07, 6.45) is 0. The van der Waals surface area contributed by atoms with Crippen molar-refractivity contribution in [2.24, 2.45) is 0 Å². The number of rotatable bonds is 3. The molecular weight excluding hydrogens is 681 g/mol. The molecule has 5 nitrogen and oxygen atoms in total. The van der Waals surface area contributed by atoms with E-state index in [-0.39, 0.29) is 5.41 Å². The Balaban J connectivity index is 1.16. The zero-order chi connectivity index (χ0) is 35.7. The number of nitrogens with zero attached hydrogens (tertiary/aromatic N) is 4. The summed E-state index contributed by atoms with van der Waals surface area (Å²) in [5.41, 5.74) is 10.9. The van der Waals surface area contributed by atoms with E-state index < -0.39 is 0 Å². The molecule has 54 heavy (non-hydrogen) atoms. The smallest absolute Gasteiger partial charge is 0.238 e. The van der Waals surface area contributed by atoms with Crippen molar-refractivity contribution in [2.45, 2.75) is 19.3 Å². The van der Waals surface area contributed by atoms with E-state index in [2.05, 4.69) is 146 Å².